The number of ether oxygens (including phenoxy) is 4. The highest BCUT2D eigenvalue weighted by Crippen LogP contribution is 2.29. The Morgan fingerprint density at radius 2 is 1.77 bits per heavy atom. The monoisotopic (exact) mass is 426 g/mol. The SMILES string of the molecule is COC(=O)COc1cccc2c(=O)n(CC(=O)Nc3ccc(OC)cc3OC)ccc12. The number of nitrogens with zero attached hydrogens (tertiary/aromatic N) is 1. The molecule has 0 unspecified atom stereocenters. The minimum absolute atomic E-state index is 0.197. The zero-order chi connectivity index (χ0) is 22.4. The fourth-order valence-electron chi connectivity index (χ4n) is 2.98. The lowest BCUT2D eigenvalue weighted by atomic mass is 10.1. The van der Waals surface area contributed by atoms with Gasteiger partial charge in [-0.2, -0.15) is 0 Å². The highest BCUT2D eigenvalue weighted by Gasteiger charge is 2.13. The first-order valence-electron chi connectivity index (χ1n) is 9.30. The van der Waals surface area contributed by atoms with E-state index in [1.54, 1.807) is 42.5 Å². The second kappa shape index (κ2) is 9.66. The van der Waals surface area contributed by atoms with Gasteiger partial charge in [0.1, 0.15) is 23.8 Å². The molecule has 0 atom stereocenters. The molecule has 0 aliphatic carbocycles. The van der Waals surface area contributed by atoms with Gasteiger partial charge in [0, 0.05) is 17.6 Å². The van der Waals surface area contributed by atoms with Crippen molar-refractivity contribution in [2.24, 2.45) is 0 Å². The van der Waals surface area contributed by atoms with Crippen molar-refractivity contribution in [1.29, 1.82) is 0 Å². The lowest BCUT2D eigenvalue weighted by Gasteiger charge is -2.13. The number of carbonyl (C=O) groups excluding carboxylic acids is 2. The molecule has 1 aromatic heterocycles. The molecule has 0 aliphatic rings. The zero-order valence-corrected chi connectivity index (χ0v) is 17.3. The van der Waals surface area contributed by atoms with Gasteiger partial charge in [-0.3, -0.25) is 9.59 Å². The summed E-state index contributed by atoms with van der Waals surface area (Å²) in [5.41, 5.74) is 0.0958. The summed E-state index contributed by atoms with van der Waals surface area (Å²) in [5.74, 6) is 0.468. The molecule has 0 spiro atoms. The van der Waals surface area contributed by atoms with Crippen LogP contribution in [0.15, 0.2) is 53.5 Å². The van der Waals surface area contributed by atoms with Crippen molar-refractivity contribution >= 4 is 28.3 Å². The molecule has 1 N–H and O–H groups in total. The molecule has 9 heteroatoms. The van der Waals surface area contributed by atoms with Crippen molar-refractivity contribution in [3.63, 3.8) is 0 Å². The van der Waals surface area contributed by atoms with Gasteiger partial charge in [0.2, 0.25) is 5.91 Å². The van der Waals surface area contributed by atoms with Crippen LogP contribution in [-0.2, 0) is 20.9 Å². The maximum Gasteiger partial charge on any atom is 0.343 e. The van der Waals surface area contributed by atoms with E-state index in [4.69, 9.17) is 14.2 Å². The van der Waals surface area contributed by atoms with Gasteiger partial charge in [-0.25, -0.2) is 4.79 Å². The fourth-order valence-corrected chi connectivity index (χ4v) is 2.98. The van der Waals surface area contributed by atoms with Gasteiger partial charge in [0.15, 0.2) is 6.61 Å². The summed E-state index contributed by atoms with van der Waals surface area (Å²) >= 11 is 0. The third-order valence-electron chi connectivity index (χ3n) is 4.55. The van der Waals surface area contributed by atoms with Crippen LogP contribution in [0.1, 0.15) is 0 Å². The first-order chi connectivity index (χ1) is 15.0. The van der Waals surface area contributed by atoms with Crippen molar-refractivity contribution in [3.05, 3.63) is 59.0 Å². The quantitative estimate of drug-likeness (QED) is 0.551. The first-order valence-corrected chi connectivity index (χ1v) is 9.30. The van der Waals surface area contributed by atoms with E-state index in [1.807, 2.05) is 0 Å². The fraction of sp³-hybridized carbons (Fsp3) is 0.227. The molecule has 3 aromatic rings. The Morgan fingerprint density at radius 1 is 0.968 bits per heavy atom. The van der Waals surface area contributed by atoms with Crippen LogP contribution >= 0.6 is 0 Å². The number of aromatic nitrogens is 1. The highest BCUT2D eigenvalue weighted by molar-refractivity contribution is 5.93. The number of esters is 1. The van der Waals surface area contributed by atoms with Crippen molar-refractivity contribution in [2.45, 2.75) is 6.54 Å². The number of pyridine rings is 1. The largest absolute Gasteiger partial charge is 0.497 e. The lowest BCUT2D eigenvalue weighted by molar-refractivity contribution is -0.142. The summed E-state index contributed by atoms with van der Waals surface area (Å²) in [5, 5.41) is 3.62. The Morgan fingerprint density at radius 3 is 2.48 bits per heavy atom. The second-order valence-corrected chi connectivity index (χ2v) is 6.45. The number of anilines is 1. The Balaban J connectivity index is 1.81. The van der Waals surface area contributed by atoms with Crippen molar-refractivity contribution in [1.82, 2.24) is 4.57 Å². The van der Waals surface area contributed by atoms with E-state index < -0.39 is 11.9 Å². The van der Waals surface area contributed by atoms with Crippen LogP contribution < -0.4 is 25.1 Å². The number of nitrogens with one attached hydrogen (secondary N) is 1. The highest BCUT2D eigenvalue weighted by atomic mass is 16.6. The van der Waals surface area contributed by atoms with E-state index in [9.17, 15) is 14.4 Å². The van der Waals surface area contributed by atoms with Crippen LogP contribution in [0.25, 0.3) is 10.8 Å². The Hall–Kier alpha value is -4.01. The molecule has 0 aliphatic heterocycles. The van der Waals surface area contributed by atoms with Gasteiger partial charge in [-0.15, -0.1) is 0 Å². The third-order valence-corrected chi connectivity index (χ3v) is 4.55. The van der Waals surface area contributed by atoms with Gasteiger partial charge in [-0.1, -0.05) is 6.07 Å². The van der Waals surface area contributed by atoms with E-state index in [1.165, 1.54) is 32.1 Å². The number of hydrogen-bond acceptors (Lipinski definition) is 7. The number of methoxy groups -OCH3 is 3. The Labute approximate surface area is 178 Å². The maximum absolute atomic E-state index is 12.9. The molecular formula is C22H22N2O7. The minimum Gasteiger partial charge on any atom is -0.497 e. The number of fused-ring (bicyclic) bond motifs is 1. The zero-order valence-electron chi connectivity index (χ0n) is 17.3. The number of rotatable bonds is 8. The standard InChI is InChI=1S/C22H22N2O7/c1-28-14-7-8-17(19(11-14)29-2)23-20(25)12-24-10-9-15-16(22(24)27)5-4-6-18(15)31-13-21(26)30-3/h4-11H,12-13H2,1-3H3,(H,23,25). The average molecular weight is 426 g/mol. The van der Waals surface area contributed by atoms with Crippen LogP contribution in [0, 0.1) is 0 Å². The molecule has 1 heterocycles. The number of amides is 1. The number of benzene rings is 2. The summed E-state index contributed by atoms with van der Waals surface area (Å²) in [7, 11) is 4.28. The van der Waals surface area contributed by atoms with Gasteiger partial charge in [0.25, 0.3) is 5.56 Å². The predicted molar refractivity (Wildman–Crippen MR) is 114 cm³/mol. The molecule has 0 saturated carbocycles. The molecule has 0 radical (unpaired) electrons. The summed E-state index contributed by atoms with van der Waals surface area (Å²) in [6.45, 7) is -0.470. The van der Waals surface area contributed by atoms with Crippen LogP contribution in [0.3, 0.4) is 0 Å². The van der Waals surface area contributed by atoms with Crippen molar-refractivity contribution in [2.75, 3.05) is 33.3 Å². The van der Waals surface area contributed by atoms with Gasteiger partial charge in [-0.05, 0) is 30.3 Å². The normalized spacial score (nSPS) is 10.4. The Bertz CT molecular complexity index is 1170. The molecule has 0 bridgehead atoms. The van der Waals surface area contributed by atoms with Crippen LogP contribution in [0.5, 0.6) is 17.2 Å². The Kier molecular flexibility index (Phi) is 6.76. The molecule has 3 rings (SSSR count). The molecule has 31 heavy (non-hydrogen) atoms. The van der Waals surface area contributed by atoms with E-state index in [-0.39, 0.29) is 18.7 Å². The van der Waals surface area contributed by atoms with E-state index in [0.717, 1.165) is 0 Å². The van der Waals surface area contributed by atoms with Gasteiger partial charge in [0.05, 0.1) is 32.4 Å². The maximum atomic E-state index is 12.9. The topological polar surface area (TPSA) is 105 Å². The molecular weight excluding hydrogens is 404 g/mol. The van der Waals surface area contributed by atoms with Crippen molar-refractivity contribution < 1.29 is 28.5 Å². The average Bonchev–Trinajstić information content (AvgIpc) is 2.79. The predicted octanol–water partition coefficient (Wildman–Crippen LogP) is 2.21. The molecule has 162 valence electrons. The smallest absolute Gasteiger partial charge is 0.343 e. The van der Waals surface area contributed by atoms with Gasteiger partial charge >= 0.3 is 5.97 Å². The van der Waals surface area contributed by atoms with Crippen LogP contribution in [0.4, 0.5) is 5.69 Å². The van der Waals surface area contributed by atoms with E-state index in [0.29, 0.717) is 33.7 Å². The summed E-state index contributed by atoms with van der Waals surface area (Å²) in [4.78, 5) is 36.7. The third kappa shape index (κ3) is 4.95. The first kappa shape index (κ1) is 21.7. The number of carbonyl (C=O) groups is 2. The molecule has 0 fully saturated rings. The molecule has 0 saturated heterocycles. The van der Waals surface area contributed by atoms with E-state index in [2.05, 4.69) is 10.1 Å². The molecule has 1 amide bonds. The van der Waals surface area contributed by atoms with E-state index >= 15 is 0 Å². The number of hydrogen-bond donors (Lipinski definition) is 1. The minimum atomic E-state index is -0.532. The lowest BCUT2D eigenvalue weighted by Crippen LogP contribution is -2.27. The molecule has 9 nitrogen and oxygen atoms in total. The van der Waals surface area contributed by atoms with Gasteiger partial charge < -0.3 is 28.8 Å². The summed E-state index contributed by atoms with van der Waals surface area (Å²) in [6.07, 6.45) is 1.50. The van der Waals surface area contributed by atoms with Crippen molar-refractivity contribution in [3.8, 4) is 17.2 Å². The second-order valence-electron chi connectivity index (χ2n) is 6.45. The summed E-state index contributed by atoms with van der Waals surface area (Å²) < 4.78 is 21.7. The van der Waals surface area contributed by atoms with Crippen LogP contribution in [-0.4, -0.2) is 44.4 Å². The van der Waals surface area contributed by atoms with Crippen LogP contribution in [0.2, 0.25) is 0 Å². The summed E-state index contributed by atoms with van der Waals surface area (Å²) in [6, 6.07) is 11.6. The molecule has 2 aromatic carbocycles.